The van der Waals surface area contributed by atoms with E-state index in [-0.39, 0.29) is 5.92 Å². The van der Waals surface area contributed by atoms with Gasteiger partial charge < -0.3 is 25.3 Å². The summed E-state index contributed by atoms with van der Waals surface area (Å²) in [7, 11) is 0. The van der Waals surface area contributed by atoms with E-state index < -0.39 is 12.0 Å². The van der Waals surface area contributed by atoms with Crippen LogP contribution in [0.3, 0.4) is 0 Å². The molecule has 0 aliphatic heterocycles. The van der Waals surface area contributed by atoms with Gasteiger partial charge in [0.15, 0.2) is 0 Å². The molecule has 6 nitrogen and oxygen atoms in total. The Kier molecular flexibility index (Phi) is 8.70. The number of amides is 2. The van der Waals surface area contributed by atoms with Crippen molar-refractivity contribution in [3.63, 3.8) is 0 Å². The van der Waals surface area contributed by atoms with Gasteiger partial charge in [-0.05, 0) is 27.2 Å². The molecule has 0 heterocycles. The molecule has 0 aliphatic carbocycles. The van der Waals surface area contributed by atoms with Gasteiger partial charge in [0.1, 0.15) is 0 Å². The highest BCUT2D eigenvalue weighted by molar-refractivity contribution is 5.71. The van der Waals surface area contributed by atoms with Crippen LogP contribution in [0.25, 0.3) is 0 Å². The molecule has 0 bridgehead atoms. The first-order chi connectivity index (χ1) is 8.52. The third-order valence-corrected chi connectivity index (χ3v) is 2.52. The summed E-state index contributed by atoms with van der Waals surface area (Å²) in [5.41, 5.74) is 5.02. The Morgan fingerprint density at radius 1 is 1.17 bits per heavy atom. The standard InChI is InChI=1S/C12H26N2O4/c1-5-16-12(17-6-2,18-7-3)10(4)8-9-14-11(13)15/h10H,5-9H2,1-4H3,(H3,13,14,15). The second-order valence-corrected chi connectivity index (χ2v) is 3.88. The number of hydrogen-bond donors (Lipinski definition) is 2. The Labute approximate surface area is 109 Å². The quantitative estimate of drug-likeness (QED) is 0.584. The lowest BCUT2D eigenvalue weighted by Crippen LogP contribution is -2.46. The van der Waals surface area contributed by atoms with Crippen LogP contribution in [-0.2, 0) is 14.2 Å². The second kappa shape index (κ2) is 9.13. The number of rotatable bonds is 10. The smallest absolute Gasteiger partial charge is 0.312 e. The van der Waals surface area contributed by atoms with E-state index in [1.807, 2.05) is 27.7 Å². The molecule has 6 heteroatoms. The molecule has 0 aromatic carbocycles. The average Bonchev–Trinajstić information content (AvgIpc) is 2.29. The van der Waals surface area contributed by atoms with Gasteiger partial charge in [-0.3, -0.25) is 0 Å². The highest BCUT2D eigenvalue weighted by atomic mass is 16.9. The van der Waals surface area contributed by atoms with Crippen molar-refractivity contribution >= 4 is 6.03 Å². The summed E-state index contributed by atoms with van der Waals surface area (Å²) in [6.45, 7) is 9.58. The molecule has 0 fully saturated rings. The van der Waals surface area contributed by atoms with Crippen LogP contribution >= 0.6 is 0 Å². The normalized spacial score (nSPS) is 13.3. The van der Waals surface area contributed by atoms with Crippen LogP contribution in [0.15, 0.2) is 0 Å². The Morgan fingerprint density at radius 2 is 1.61 bits per heavy atom. The Morgan fingerprint density at radius 3 is 1.94 bits per heavy atom. The topological polar surface area (TPSA) is 82.8 Å². The number of nitrogens with two attached hydrogens (primary N) is 1. The van der Waals surface area contributed by atoms with E-state index in [4.69, 9.17) is 19.9 Å². The molecule has 0 rings (SSSR count). The highest BCUT2D eigenvalue weighted by Gasteiger charge is 2.38. The number of carbonyl (C=O) groups is 1. The minimum absolute atomic E-state index is 0.0239. The van der Waals surface area contributed by atoms with Crippen molar-refractivity contribution in [2.75, 3.05) is 26.4 Å². The predicted molar refractivity (Wildman–Crippen MR) is 69.0 cm³/mol. The molecule has 1 atom stereocenters. The predicted octanol–water partition coefficient (Wildman–Crippen LogP) is 1.44. The monoisotopic (exact) mass is 262 g/mol. The first-order valence-corrected chi connectivity index (χ1v) is 6.47. The summed E-state index contributed by atoms with van der Waals surface area (Å²) in [4.78, 5) is 10.6. The van der Waals surface area contributed by atoms with Gasteiger partial charge in [0.05, 0.1) is 0 Å². The van der Waals surface area contributed by atoms with Crippen molar-refractivity contribution < 1.29 is 19.0 Å². The van der Waals surface area contributed by atoms with E-state index in [0.29, 0.717) is 32.8 Å². The molecule has 2 amide bonds. The molecule has 3 N–H and O–H groups in total. The van der Waals surface area contributed by atoms with Gasteiger partial charge in [-0.15, -0.1) is 0 Å². The zero-order valence-electron chi connectivity index (χ0n) is 11.8. The van der Waals surface area contributed by atoms with E-state index in [1.54, 1.807) is 0 Å². The molecular formula is C12H26N2O4. The number of hydrogen-bond acceptors (Lipinski definition) is 4. The summed E-state index contributed by atoms with van der Waals surface area (Å²) in [6, 6.07) is -0.531. The third kappa shape index (κ3) is 5.66. The van der Waals surface area contributed by atoms with E-state index in [0.717, 1.165) is 0 Å². The van der Waals surface area contributed by atoms with Crippen molar-refractivity contribution in [3.05, 3.63) is 0 Å². The van der Waals surface area contributed by atoms with Crippen LogP contribution in [0.1, 0.15) is 34.1 Å². The molecule has 0 spiro atoms. The van der Waals surface area contributed by atoms with Gasteiger partial charge in [0.2, 0.25) is 0 Å². The Hall–Kier alpha value is -0.850. The lowest BCUT2D eigenvalue weighted by atomic mass is 10.0. The fourth-order valence-corrected chi connectivity index (χ4v) is 1.74. The molecule has 1 unspecified atom stereocenters. The summed E-state index contributed by atoms with van der Waals surface area (Å²) in [5.74, 6) is -1.07. The van der Waals surface area contributed by atoms with Gasteiger partial charge in [-0.25, -0.2) is 4.79 Å². The summed E-state index contributed by atoms with van der Waals surface area (Å²) >= 11 is 0. The van der Waals surface area contributed by atoms with Crippen molar-refractivity contribution in [3.8, 4) is 0 Å². The largest absolute Gasteiger partial charge is 0.352 e. The fraction of sp³-hybridized carbons (Fsp3) is 0.917. The second-order valence-electron chi connectivity index (χ2n) is 3.88. The maximum absolute atomic E-state index is 10.6. The number of nitrogens with one attached hydrogen (secondary N) is 1. The molecule has 108 valence electrons. The van der Waals surface area contributed by atoms with E-state index >= 15 is 0 Å². The zero-order valence-corrected chi connectivity index (χ0v) is 11.8. The lowest BCUT2D eigenvalue weighted by Gasteiger charge is -2.37. The first-order valence-electron chi connectivity index (χ1n) is 6.47. The summed E-state index contributed by atoms with van der Waals surface area (Å²) in [5, 5.41) is 2.55. The first kappa shape index (κ1) is 17.2. The molecule has 0 saturated heterocycles. The molecular weight excluding hydrogens is 236 g/mol. The maximum atomic E-state index is 10.6. The average molecular weight is 262 g/mol. The van der Waals surface area contributed by atoms with Gasteiger partial charge in [0.25, 0.3) is 5.97 Å². The van der Waals surface area contributed by atoms with Gasteiger partial charge in [-0.1, -0.05) is 6.92 Å². The van der Waals surface area contributed by atoms with Gasteiger partial charge >= 0.3 is 6.03 Å². The molecule has 0 saturated carbocycles. The Bertz CT molecular complexity index is 219. The zero-order chi connectivity index (χ0) is 14.0. The SMILES string of the molecule is CCOC(OCC)(OCC)C(C)CCNC(N)=O. The van der Waals surface area contributed by atoms with Crippen molar-refractivity contribution in [1.82, 2.24) is 5.32 Å². The Balaban J connectivity index is 4.53. The number of urea groups is 1. The van der Waals surface area contributed by atoms with Crippen LogP contribution in [0.4, 0.5) is 4.79 Å². The number of ether oxygens (including phenoxy) is 3. The van der Waals surface area contributed by atoms with Gasteiger partial charge in [0, 0.05) is 32.3 Å². The highest BCUT2D eigenvalue weighted by Crippen LogP contribution is 2.28. The lowest BCUT2D eigenvalue weighted by molar-refractivity contribution is -0.399. The van der Waals surface area contributed by atoms with E-state index in [2.05, 4.69) is 5.32 Å². The van der Waals surface area contributed by atoms with Crippen LogP contribution in [0, 0.1) is 5.92 Å². The number of carbonyl (C=O) groups excluding carboxylic acids is 1. The minimum atomic E-state index is -1.04. The maximum Gasteiger partial charge on any atom is 0.312 e. The summed E-state index contributed by atoms with van der Waals surface area (Å²) in [6.07, 6.45) is 0.656. The van der Waals surface area contributed by atoms with Crippen LogP contribution in [0.5, 0.6) is 0 Å². The van der Waals surface area contributed by atoms with Crippen LogP contribution in [-0.4, -0.2) is 38.4 Å². The van der Waals surface area contributed by atoms with E-state index in [9.17, 15) is 4.79 Å². The molecule has 18 heavy (non-hydrogen) atoms. The molecule has 0 radical (unpaired) electrons. The molecule has 0 aromatic rings. The number of primary amides is 1. The van der Waals surface area contributed by atoms with Crippen molar-refractivity contribution in [1.29, 1.82) is 0 Å². The van der Waals surface area contributed by atoms with Crippen LogP contribution in [0.2, 0.25) is 0 Å². The molecule has 0 aliphatic rings. The third-order valence-electron chi connectivity index (χ3n) is 2.52. The van der Waals surface area contributed by atoms with Gasteiger partial charge in [-0.2, -0.15) is 0 Å². The molecule has 0 aromatic heterocycles. The van der Waals surface area contributed by atoms with Crippen molar-refractivity contribution in [2.24, 2.45) is 11.7 Å². The van der Waals surface area contributed by atoms with Crippen LogP contribution < -0.4 is 11.1 Å². The minimum Gasteiger partial charge on any atom is -0.352 e. The van der Waals surface area contributed by atoms with Crippen molar-refractivity contribution in [2.45, 2.75) is 40.1 Å². The fourth-order valence-electron chi connectivity index (χ4n) is 1.74. The van der Waals surface area contributed by atoms with E-state index in [1.165, 1.54) is 0 Å². The summed E-state index contributed by atoms with van der Waals surface area (Å²) < 4.78 is 16.9.